The van der Waals surface area contributed by atoms with Gasteiger partial charge in [0.25, 0.3) is 0 Å². The number of aliphatic carboxylic acids is 1. The molecule has 2 aliphatic rings. The Hall–Kier alpha value is -0.650. The molecule has 0 aromatic carbocycles. The van der Waals surface area contributed by atoms with Crippen molar-refractivity contribution in [1.29, 1.82) is 0 Å². The second-order valence-corrected chi connectivity index (χ2v) is 4.63. The van der Waals surface area contributed by atoms with E-state index in [9.17, 15) is 4.79 Å². The van der Waals surface area contributed by atoms with Crippen molar-refractivity contribution in [3.63, 3.8) is 0 Å². The van der Waals surface area contributed by atoms with Crippen molar-refractivity contribution < 1.29 is 14.6 Å². The minimum absolute atomic E-state index is 0.288. The molecule has 0 saturated carbocycles. The maximum atomic E-state index is 11.0. The van der Waals surface area contributed by atoms with E-state index in [0.29, 0.717) is 19.2 Å². The van der Waals surface area contributed by atoms with Gasteiger partial charge in [-0.1, -0.05) is 0 Å². The van der Waals surface area contributed by atoms with Gasteiger partial charge in [0.15, 0.2) is 0 Å². The molecular formula is C11H20N2O3. The maximum absolute atomic E-state index is 11.0. The summed E-state index contributed by atoms with van der Waals surface area (Å²) in [6.45, 7) is 4.75. The summed E-state index contributed by atoms with van der Waals surface area (Å²) in [4.78, 5) is 13.2. The Morgan fingerprint density at radius 3 is 3.12 bits per heavy atom. The highest BCUT2D eigenvalue weighted by atomic mass is 16.5. The largest absolute Gasteiger partial charge is 0.481 e. The lowest BCUT2D eigenvalue weighted by Crippen LogP contribution is -2.38. The van der Waals surface area contributed by atoms with Crippen molar-refractivity contribution in [3.8, 4) is 0 Å². The zero-order valence-electron chi connectivity index (χ0n) is 9.52. The van der Waals surface area contributed by atoms with E-state index in [-0.39, 0.29) is 5.92 Å². The fraction of sp³-hybridized carbons (Fsp3) is 0.909. The van der Waals surface area contributed by atoms with Crippen LogP contribution in [0.15, 0.2) is 0 Å². The Morgan fingerprint density at radius 2 is 2.44 bits per heavy atom. The van der Waals surface area contributed by atoms with Gasteiger partial charge in [-0.3, -0.25) is 9.69 Å². The molecule has 2 heterocycles. The highest BCUT2D eigenvalue weighted by Gasteiger charge is 2.26. The molecule has 2 unspecified atom stereocenters. The molecule has 92 valence electrons. The average molecular weight is 228 g/mol. The summed E-state index contributed by atoms with van der Waals surface area (Å²) in [6, 6.07) is 0. The number of hydrogen-bond acceptors (Lipinski definition) is 4. The maximum Gasteiger partial charge on any atom is 0.309 e. The van der Waals surface area contributed by atoms with E-state index in [1.807, 2.05) is 0 Å². The summed E-state index contributed by atoms with van der Waals surface area (Å²) in [7, 11) is 0. The van der Waals surface area contributed by atoms with Gasteiger partial charge >= 0.3 is 5.97 Å². The van der Waals surface area contributed by atoms with Crippen LogP contribution in [0.4, 0.5) is 0 Å². The van der Waals surface area contributed by atoms with E-state index in [0.717, 1.165) is 39.1 Å². The number of nitrogens with one attached hydrogen (secondary N) is 1. The van der Waals surface area contributed by atoms with Crippen molar-refractivity contribution in [2.75, 3.05) is 39.3 Å². The van der Waals surface area contributed by atoms with Crippen LogP contribution in [-0.4, -0.2) is 61.4 Å². The fourth-order valence-corrected chi connectivity index (χ4v) is 2.39. The van der Waals surface area contributed by atoms with Crippen molar-refractivity contribution in [1.82, 2.24) is 10.2 Å². The van der Waals surface area contributed by atoms with E-state index >= 15 is 0 Å². The standard InChI is InChI=1S/C11H20N2O3/c14-11(15)9-6-12-3-4-13(7-9)8-10-2-1-5-16-10/h9-10,12H,1-8H2,(H,14,15). The van der Waals surface area contributed by atoms with E-state index in [4.69, 9.17) is 9.84 Å². The monoisotopic (exact) mass is 228 g/mol. The highest BCUT2D eigenvalue weighted by molar-refractivity contribution is 5.70. The molecule has 0 spiro atoms. The van der Waals surface area contributed by atoms with Crippen LogP contribution in [0.1, 0.15) is 12.8 Å². The third-order valence-electron chi connectivity index (χ3n) is 3.31. The van der Waals surface area contributed by atoms with Crippen molar-refractivity contribution >= 4 is 5.97 Å². The first-order valence-electron chi connectivity index (χ1n) is 6.03. The second kappa shape index (κ2) is 5.61. The van der Waals surface area contributed by atoms with Gasteiger partial charge in [-0.25, -0.2) is 0 Å². The Bertz CT molecular complexity index is 241. The van der Waals surface area contributed by atoms with Crippen LogP contribution in [0, 0.1) is 5.92 Å². The van der Waals surface area contributed by atoms with E-state index in [2.05, 4.69) is 10.2 Å². The van der Waals surface area contributed by atoms with Gasteiger partial charge in [-0.15, -0.1) is 0 Å². The number of nitrogens with zero attached hydrogens (tertiary/aromatic N) is 1. The predicted octanol–water partition coefficient (Wildman–Crippen LogP) is -0.229. The molecule has 2 rings (SSSR count). The zero-order valence-corrected chi connectivity index (χ0v) is 9.52. The summed E-state index contributed by atoms with van der Waals surface area (Å²) in [5, 5.41) is 12.2. The Labute approximate surface area is 95.8 Å². The normalized spacial score (nSPS) is 32.5. The van der Waals surface area contributed by atoms with Crippen LogP contribution < -0.4 is 5.32 Å². The fourth-order valence-electron chi connectivity index (χ4n) is 2.39. The lowest BCUT2D eigenvalue weighted by atomic mass is 10.1. The number of carboxylic acid groups (broad SMARTS) is 1. The minimum Gasteiger partial charge on any atom is -0.481 e. The van der Waals surface area contributed by atoms with Crippen LogP contribution in [0.25, 0.3) is 0 Å². The third-order valence-corrected chi connectivity index (χ3v) is 3.31. The molecule has 2 fully saturated rings. The number of hydrogen-bond donors (Lipinski definition) is 2. The number of carbonyl (C=O) groups is 1. The molecule has 2 saturated heterocycles. The number of ether oxygens (including phenoxy) is 1. The van der Waals surface area contributed by atoms with Gasteiger partial charge in [0, 0.05) is 39.3 Å². The lowest BCUT2D eigenvalue weighted by Gasteiger charge is -2.24. The summed E-state index contributed by atoms with van der Waals surface area (Å²) < 4.78 is 5.58. The molecule has 0 aromatic heterocycles. The molecule has 0 aliphatic carbocycles. The Morgan fingerprint density at radius 1 is 1.56 bits per heavy atom. The minimum atomic E-state index is -0.702. The molecule has 2 N–H and O–H groups in total. The van der Waals surface area contributed by atoms with E-state index in [1.165, 1.54) is 0 Å². The van der Waals surface area contributed by atoms with Gasteiger partial charge in [-0.05, 0) is 12.8 Å². The van der Waals surface area contributed by atoms with Crippen LogP contribution in [0.3, 0.4) is 0 Å². The van der Waals surface area contributed by atoms with Crippen LogP contribution in [-0.2, 0) is 9.53 Å². The molecule has 0 radical (unpaired) electrons. The number of rotatable bonds is 3. The third kappa shape index (κ3) is 3.17. The van der Waals surface area contributed by atoms with Gasteiger partial charge in [-0.2, -0.15) is 0 Å². The second-order valence-electron chi connectivity index (χ2n) is 4.63. The summed E-state index contributed by atoms with van der Waals surface area (Å²) >= 11 is 0. The summed E-state index contributed by atoms with van der Waals surface area (Å²) in [5.41, 5.74) is 0. The highest BCUT2D eigenvalue weighted by Crippen LogP contribution is 2.14. The van der Waals surface area contributed by atoms with Crippen molar-refractivity contribution in [2.45, 2.75) is 18.9 Å². The zero-order chi connectivity index (χ0) is 11.4. The molecular weight excluding hydrogens is 208 g/mol. The first kappa shape index (κ1) is 11.8. The molecule has 0 amide bonds. The van der Waals surface area contributed by atoms with Gasteiger partial charge in [0.2, 0.25) is 0 Å². The summed E-state index contributed by atoms with van der Waals surface area (Å²) in [6.07, 6.45) is 2.56. The number of carboxylic acids is 1. The van der Waals surface area contributed by atoms with Gasteiger partial charge < -0.3 is 15.2 Å². The molecule has 0 bridgehead atoms. The molecule has 5 nitrogen and oxygen atoms in total. The van der Waals surface area contributed by atoms with Crippen LogP contribution in [0.5, 0.6) is 0 Å². The topological polar surface area (TPSA) is 61.8 Å². The van der Waals surface area contributed by atoms with E-state index < -0.39 is 5.97 Å². The Balaban J connectivity index is 1.84. The first-order chi connectivity index (χ1) is 7.75. The van der Waals surface area contributed by atoms with Crippen LogP contribution >= 0.6 is 0 Å². The van der Waals surface area contributed by atoms with Gasteiger partial charge in [0.1, 0.15) is 0 Å². The molecule has 0 aromatic rings. The first-order valence-corrected chi connectivity index (χ1v) is 6.03. The SMILES string of the molecule is O=C(O)C1CNCCN(CC2CCCO2)C1. The molecule has 2 aliphatic heterocycles. The molecule has 5 heteroatoms. The van der Waals surface area contributed by atoms with Crippen molar-refractivity contribution in [2.24, 2.45) is 5.92 Å². The Kier molecular flexibility index (Phi) is 4.15. The smallest absolute Gasteiger partial charge is 0.309 e. The quantitative estimate of drug-likeness (QED) is 0.699. The van der Waals surface area contributed by atoms with Crippen molar-refractivity contribution in [3.05, 3.63) is 0 Å². The average Bonchev–Trinajstić information content (AvgIpc) is 2.62. The molecule has 16 heavy (non-hydrogen) atoms. The lowest BCUT2D eigenvalue weighted by molar-refractivity contribution is -0.142. The summed E-state index contributed by atoms with van der Waals surface area (Å²) in [5.74, 6) is -0.990. The predicted molar refractivity (Wildman–Crippen MR) is 59.4 cm³/mol. The van der Waals surface area contributed by atoms with Gasteiger partial charge in [0.05, 0.1) is 12.0 Å². The van der Waals surface area contributed by atoms with E-state index in [1.54, 1.807) is 0 Å². The van der Waals surface area contributed by atoms with Crippen LogP contribution in [0.2, 0.25) is 0 Å². The molecule has 2 atom stereocenters.